The Morgan fingerprint density at radius 2 is 1.71 bits per heavy atom. The van der Waals surface area contributed by atoms with Crippen LogP contribution in [0.1, 0.15) is 10.6 Å². The fourth-order valence-electron chi connectivity index (χ4n) is 3.24. The number of hydrogen-bond acceptors (Lipinski definition) is 5. The van der Waals surface area contributed by atoms with Gasteiger partial charge in [-0.05, 0) is 36.4 Å². The van der Waals surface area contributed by atoms with Crippen molar-refractivity contribution in [1.82, 2.24) is 4.90 Å². The van der Waals surface area contributed by atoms with Gasteiger partial charge in [-0.25, -0.2) is 9.18 Å². The van der Waals surface area contributed by atoms with Gasteiger partial charge in [0.1, 0.15) is 11.4 Å². The summed E-state index contributed by atoms with van der Waals surface area (Å²) >= 11 is 0. The fraction of sp³-hybridized carbons (Fsp3) is 0.238. The highest BCUT2D eigenvalue weighted by Gasteiger charge is 2.23. The predicted molar refractivity (Wildman–Crippen MR) is 102 cm³/mol. The van der Waals surface area contributed by atoms with Gasteiger partial charge in [-0.1, -0.05) is 18.2 Å². The number of esters is 1. The van der Waals surface area contributed by atoms with Crippen LogP contribution in [0.25, 0.3) is 11.0 Å². The average Bonchev–Trinajstić information content (AvgIpc) is 3.17. The second kappa shape index (κ2) is 7.72. The van der Waals surface area contributed by atoms with Crippen molar-refractivity contribution in [2.75, 3.05) is 37.7 Å². The number of carbonyl (C=O) groups is 2. The predicted octanol–water partition coefficient (Wildman–Crippen LogP) is 3.08. The van der Waals surface area contributed by atoms with Crippen LogP contribution in [0.5, 0.6) is 0 Å². The summed E-state index contributed by atoms with van der Waals surface area (Å²) < 4.78 is 23.6. The van der Waals surface area contributed by atoms with Crippen LogP contribution in [0.2, 0.25) is 0 Å². The first-order chi connectivity index (χ1) is 13.6. The minimum absolute atomic E-state index is 0.0788. The lowest BCUT2D eigenvalue weighted by Crippen LogP contribution is -2.49. The highest BCUT2D eigenvalue weighted by Crippen LogP contribution is 2.20. The summed E-state index contributed by atoms with van der Waals surface area (Å²) in [5.74, 6) is -1.10. The SMILES string of the molecule is O=C(OCC(=O)N1CCN(c2ccc(F)cc2)CC1)c1cc2ccccc2o1. The summed E-state index contributed by atoms with van der Waals surface area (Å²) in [5, 5.41) is 0.803. The zero-order valence-corrected chi connectivity index (χ0v) is 15.1. The molecule has 2 heterocycles. The van der Waals surface area contributed by atoms with E-state index in [1.54, 1.807) is 29.2 Å². The lowest BCUT2D eigenvalue weighted by Gasteiger charge is -2.36. The lowest BCUT2D eigenvalue weighted by molar-refractivity contribution is -0.134. The van der Waals surface area contributed by atoms with Crippen LogP contribution >= 0.6 is 0 Å². The maximum Gasteiger partial charge on any atom is 0.374 e. The first kappa shape index (κ1) is 18.0. The van der Waals surface area contributed by atoms with Crippen molar-refractivity contribution >= 4 is 28.5 Å². The van der Waals surface area contributed by atoms with E-state index in [2.05, 4.69) is 4.90 Å². The van der Waals surface area contributed by atoms with Gasteiger partial charge in [0.15, 0.2) is 6.61 Å². The summed E-state index contributed by atoms with van der Waals surface area (Å²) in [7, 11) is 0. The number of fused-ring (bicyclic) bond motifs is 1. The van der Waals surface area contributed by atoms with E-state index < -0.39 is 5.97 Å². The number of nitrogens with zero attached hydrogens (tertiary/aromatic N) is 2. The molecule has 6 nitrogen and oxygen atoms in total. The molecule has 1 saturated heterocycles. The lowest BCUT2D eigenvalue weighted by atomic mass is 10.2. The highest BCUT2D eigenvalue weighted by molar-refractivity contribution is 5.93. The van der Waals surface area contributed by atoms with Gasteiger partial charge < -0.3 is 19.0 Å². The number of halogens is 1. The van der Waals surface area contributed by atoms with E-state index in [9.17, 15) is 14.0 Å². The molecule has 0 saturated carbocycles. The molecule has 4 rings (SSSR count). The number of amides is 1. The molecule has 0 radical (unpaired) electrons. The van der Waals surface area contributed by atoms with Gasteiger partial charge in [0.2, 0.25) is 5.76 Å². The topological polar surface area (TPSA) is 63.0 Å². The van der Waals surface area contributed by atoms with Crippen molar-refractivity contribution in [3.63, 3.8) is 0 Å². The Morgan fingerprint density at radius 1 is 1.00 bits per heavy atom. The summed E-state index contributed by atoms with van der Waals surface area (Å²) in [6, 6.07) is 15.2. The third-order valence-corrected chi connectivity index (χ3v) is 4.78. The van der Waals surface area contributed by atoms with Gasteiger partial charge in [0.25, 0.3) is 5.91 Å². The largest absolute Gasteiger partial charge is 0.450 e. The summed E-state index contributed by atoms with van der Waals surface area (Å²) in [6.07, 6.45) is 0. The van der Waals surface area contributed by atoms with E-state index in [-0.39, 0.29) is 24.1 Å². The number of anilines is 1. The molecule has 144 valence electrons. The number of ether oxygens (including phenoxy) is 1. The molecule has 0 bridgehead atoms. The van der Waals surface area contributed by atoms with Crippen LogP contribution in [0.3, 0.4) is 0 Å². The normalized spacial score (nSPS) is 14.3. The molecule has 2 aromatic carbocycles. The molecule has 0 atom stereocenters. The van der Waals surface area contributed by atoms with Gasteiger partial charge >= 0.3 is 5.97 Å². The fourth-order valence-corrected chi connectivity index (χ4v) is 3.24. The van der Waals surface area contributed by atoms with E-state index >= 15 is 0 Å². The molecular weight excluding hydrogens is 363 g/mol. The number of para-hydroxylation sites is 1. The highest BCUT2D eigenvalue weighted by atomic mass is 19.1. The molecule has 1 amide bonds. The van der Waals surface area contributed by atoms with Crippen molar-refractivity contribution in [2.45, 2.75) is 0 Å². The standard InChI is InChI=1S/C21H19FN2O4/c22-16-5-7-17(8-6-16)23-9-11-24(12-10-23)20(25)14-27-21(26)19-13-15-3-1-2-4-18(15)28-19/h1-8,13H,9-12,14H2. The molecule has 1 aliphatic heterocycles. The average molecular weight is 382 g/mol. The molecule has 3 aromatic rings. The minimum atomic E-state index is -0.658. The molecule has 0 N–H and O–H groups in total. The second-order valence-corrected chi connectivity index (χ2v) is 6.57. The third kappa shape index (κ3) is 3.83. The number of hydrogen-bond donors (Lipinski definition) is 0. The molecule has 1 aliphatic rings. The first-order valence-electron chi connectivity index (χ1n) is 9.04. The summed E-state index contributed by atoms with van der Waals surface area (Å²) in [4.78, 5) is 28.2. The molecule has 0 spiro atoms. The maximum absolute atomic E-state index is 13.0. The van der Waals surface area contributed by atoms with Crippen molar-refractivity contribution < 1.29 is 23.1 Å². The van der Waals surface area contributed by atoms with Crippen molar-refractivity contribution in [3.8, 4) is 0 Å². The van der Waals surface area contributed by atoms with E-state index in [1.165, 1.54) is 12.1 Å². The van der Waals surface area contributed by atoms with E-state index in [0.29, 0.717) is 31.8 Å². The maximum atomic E-state index is 13.0. The molecule has 28 heavy (non-hydrogen) atoms. The number of piperazine rings is 1. The Morgan fingerprint density at radius 3 is 2.43 bits per heavy atom. The van der Waals surface area contributed by atoms with Crippen molar-refractivity contribution in [3.05, 3.63) is 66.2 Å². The molecule has 1 fully saturated rings. The second-order valence-electron chi connectivity index (χ2n) is 6.57. The Kier molecular flexibility index (Phi) is 4.97. The Bertz CT molecular complexity index is 958. The minimum Gasteiger partial charge on any atom is -0.450 e. The van der Waals surface area contributed by atoms with Crippen LogP contribution in [-0.4, -0.2) is 49.6 Å². The molecule has 0 unspecified atom stereocenters. The number of rotatable bonds is 4. The molecular formula is C21H19FN2O4. The number of furan rings is 1. The van der Waals surface area contributed by atoms with Crippen LogP contribution in [-0.2, 0) is 9.53 Å². The first-order valence-corrected chi connectivity index (χ1v) is 9.04. The van der Waals surface area contributed by atoms with Crippen LogP contribution < -0.4 is 4.90 Å². The third-order valence-electron chi connectivity index (χ3n) is 4.78. The smallest absolute Gasteiger partial charge is 0.374 e. The van der Waals surface area contributed by atoms with Gasteiger partial charge in [-0.3, -0.25) is 4.79 Å². The number of benzene rings is 2. The zero-order chi connectivity index (χ0) is 19.5. The van der Waals surface area contributed by atoms with Crippen LogP contribution in [0.15, 0.2) is 59.0 Å². The van der Waals surface area contributed by atoms with Crippen LogP contribution in [0, 0.1) is 5.82 Å². The van der Waals surface area contributed by atoms with Crippen molar-refractivity contribution in [1.29, 1.82) is 0 Å². The quantitative estimate of drug-likeness (QED) is 0.649. The van der Waals surface area contributed by atoms with E-state index in [4.69, 9.17) is 9.15 Å². The summed E-state index contributed by atoms with van der Waals surface area (Å²) in [5.41, 5.74) is 1.52. The Labute approximate surface area is 161 Å². The van der Waals surface area contributed by atoms with E-state index in [1.807, 2.05) is 18.2 Å². The van der Waals surface area contributed by atoms with Gasteiger partial charge in [0, 0.05) is 37.3 Å². The number of carbonyl (C=O) groups excluding carboxylic acids is 2. The Hall–Kier alpha value is -3.35. The molecule has 7 heteroatoms. The van der Waals surface area contributed by atoms with E-state index in [0.717, 1.165) is 11.1 Å². The monoisotopic (exact) mass is 382 g/mol. The van der Waals surface area contributed by atoms with Crippen LogP contribution in [0.4, 0.5) is 10.1 Å². The molecule has 1 aromatic heterocycles. The van der Waals surface area contributed by atoms with Gasteiger partial charge in [-0.15, -0.1) is 0 Å². The van der Waals surface area contributed by atoms with Gasteiger partial charge in [-0.2, -0.15) is 0 Å². The summed E-state index contributed by atoms with van der Waals surface area (Å²) in [6.45, 7) is 1.97. The van der Waals surface area contributed by atoms with Gasteiger partial charge in [0.05, 0.1) is 0 Å². The zero-order valence-electron chi connectivity index (χ0n) is 15.1. The Balaban J connectivity index is 1.28. The molecule has 0 aliphatic carbocycles. The van der Waals surface area contributed by atoms with Crippen molar-refractivity contribution in [2.24, 2.45) is 0 Å².